The van der Waals surface area contributed by atoms with Gasteiger partial charge < -0.3 is 5.32 Å². The first-order valence-electron chi connectivity index (χ1n) is 8.31. The van der Waals surface area contributed by atoms with E-state index in [0.717, 1.165) is 11.3 Å². The quantitative estimate of drug-likeness (QED) is 0.678. The number of imidazole rings is 1. The van der Waals surface area contributed by atoms with Crippen LogP contribution in [0.2, 0.25) is 0 Å². The van der Waals surface area contributed by atoms with E-state index in [1.807, 2.05) is 35.9 Å². The van der Waals surface area contributed by atoms with Crippen molar-refractivity contribution < 1.29 is 4.79 Å². The monoisotopic (exact) mass is 367 g/mol. The molecule has 1 amide bonds. The summed E-state index contributed by atoms with van der Waals surface area (Å²) in [6, 6.07) is 9.94. The van der Waals surface area contributed by atoms with Crippen LogP contribution >= 0.6 is 11.8 Å². The minimum absolute atomic E-state index is 0.0238. The number of nitrogens with zero attached hydrogens (tertiary/aromatic N) is 4. The van der Waals surface area contributed by atoms with Gasteiger partial charge in [-0.3, -0.25) is 9.36 Å². The van der Waals surface area contributed by atoms with Crippen molar-refractivity contribution in [2.24, 2.45) is 0 Å². The van der Waals surface area contributed by atoms with Crippen molar-refractivity contribution in [2.75, 3.05) is 5.75 Å². The number of hydrogen-bond donors (Lipinski definition) is 1. The number of hydrogen-bond acceptors (Lipinski definition) is 5. The summed E-state index contributed by atoms with van der Waals surface area (Å²) in [7, 11) is 0. The van der Waals surface area contributed by atoms with Crippen molar-refractivity contribution in [3.05, 3.63) is 65.2 Å². The maximum Gasteiger partial charge on any atom is 0.230 e. The van der Waals surface area contributed by atoms with Crippen LogP contribution < -0.4 is 5.32 Å². The van der Waals surface area contributed by atoms with Gasteiger partial charge >= 0.3 is 0 Å². The van der Waals surface area contributed by atoms with Gasteiger partial charge in [-0.2, -0.15) is 0 Å². The molecule has 0 fully saturated rings. The minimum atomic E-state index is -0.0238. The molecule has 0 saturated heterocycles. The zero-order chi connectivity index (χ0) is 18.5. The summed E-state index contributed by atoms with van der Waals surface area (Å²) in [4.78, 5) is 16.2. The molecule has 0 radical (unpaired) electrons. The van der Waals surface area contributed by atoms with Crippen molar-refractivity contribution in [1.29, 1.82) is 0 Å². The number of aryl methyl sites for hydroxylation is 3. The Hall–Kier alpha value is -2.67. The fourth-order valence-electron chi connectivity index (χ4n) is 2.38. The minimum Gasteiger partial charge on any atom is -0.351 e. The third-order valence-corrected chi connectivity index (χ3v) is 4.93. The highest BCUT2D eigenvalue weighted by Gasteiger charge is 2.06. The highest BCUT2D eigenvalue weighted by Crippen LogP contribution is 2.15. The van der Waals surface area contributed by atoms with E-state index < -0.39 is 0 Å². The zero-order valence-corrected chi connectivity index (χ0v) is 15.9. The average molecular weight is 367 g/mol. The van der Waals surface area contributed by atoms with Gasteiger partial charge in [-0.25, -0.2) is 4.98 Å². The molecule has 3 aromatic rings. The second-order valence-electron chi connectivity index (χ2n) is 6.14. The Balaban J connectivity index is 1.48. The molecule has 26 heavy (non-hydrogen) atoms. The van der Waals surface area contributed by atoms with Crippen molar-refractivity contribution in [3.8, 4) is 5.82 Å². The van der Waals surface area contributed by atoms with Crippen LogP contribution in [-0.2, 0) is 11.3 Å². The van der Waals surface area contributed by atoms with Gasteiger partial charge in [-0.1, -0.05) is 30.0 Å². The van der Waals surface area contributed by atoms with E-state index in [9.17, 15) is 4.79 Å². The Morgan fingerprint density at radius 1 is 1.12 bits per heavy atom. The molecule has 1 N–H and O–H groups in total. The lowest BCUT2D eigenvalue weighted by Crippen LogP contribution is -2.24. The van der Waals surface area contributed by atoms with Gasteiger partial charge in [0, 0.05) is 12.7 Å². The van der Waals surface area contributed by atoms with Crippen molar-refractivity contribution in [1.82, 2.24) is 25.1 Å². The van der Waals surface area contributed by atoms with Crippen molar-refractivity contribution in [3.63, 3.8) is 0 Å². The number of amides is 1. The fourth-order valence-corrected chi connectivity index (χ4v) is 3.02. The highest BCUT2D eigenvalue weighted by atomic mass is 32.2. The van der Waals surface area contributed by atoms with E-state index in [1.54, 1.807) is 6.33 Å². The van der Waals surface area contributed by atoms with E-state index in [1.165, 1.54) is 22.9 Å². The number of aromatic nitrogens is 4. The number of nitrogens with one attached hydrogen (secondary N) is 1. The molecule has 134 valence electrons. The Kier molecular flexibility index (Phi) is 5.68. The van der Waals surface area contributed by atoms with E-state index in [0.29, 0.717) is 23.1 Å². The molecule has 0 atom stereocenters. The van der Waals surface area contributed by atoms with Gasteiger partial charge in [0.2, 0.25) is 5.91 Å². The van der Waals surface area contributed by atoms with Gasteiger partial charge in [0.25, 0.3) is 0 Å². The lowest BCUT2D eigenvalue weighted by atomic mass is 10.1. The van der Waals surface area contributed by atoms with Gasteiger partial charge in [0.1, 0.15) is 11.4 Å². The first-order valence-corrected chi connectivity index (χ1v) is 9.30. The highest BCUT2D eigenvalue weighted by molar-refractivity contribution is 7.99. The predicted octanol–water partition coefficient (Wildman–Crippen LogP) is 3.00. The lowest BCUT2D eigenvalue weighted by molar-refractivity contribution is -0.118. The number of carbonyl (C=O) groups is 1. The summed E-state index contributed by atoms with van der Waals surface area (Å²) in [5.74, 6) is 0.988. The average Bonchev–Trinajstić information content (AvgIpc) is 3.08. The molecule has 6 nitrogen and oxygen atoms in total. The summed E-state index contributed by atoms with van der Waals surface area (Å²) >= 11 is 1.37. The van der Waals surface area contributed by atoms with Gasteiger partial charge in [0.05, 0.1) is 11.4 Å². The van der Waals surface area contributed by atoms with Crippen LogP contribution in [0.25, 0.3) is 5.82 Å². The topological polar surface area (TPSA) is 72.7 Å². The Labute approximate surface area is 157 Å². The zero-order valence-electron chi connectivity index (χ0n) is 15.1. The third kappa shape index (κ3) is 4.70. The number of benzene rings is 1. The molecular weight excluding hydrogens is 346 g/mol. The molecule has 1 aromatic carbocycles. The molecule has 2 aromatic heterocycles. The normalized spacial score (nSPS) is 10.7. The summed E-state index contributed by atoms with van der Waals surface area (Å²) in [6.07, 6.45) is 3.59. The van der Waals surface area contributed by atoms with Crippen molar-refractivity contribution in [2.45, 2.75) is 32.3 Å². The Bertz CT molecular complexity index is 905. The van der Waals surface area contributed by atoms with Gasteiger partial charge in [0.15, 0.2) is 5.82 Å². The van der Waals surface area contributed by atoms with E-state index in [2.05, 4.69) is 46.5 Å². The molecule has 0 aliphatic rings. The van der Waals surface area contributed by atoms with Crippen LogP contribution in [0.15, 0.2) is 47.9 Å². The van der Waals surface area contributed by atoms with Gasteiger partial charge in [-0.15, -0.1) is 10.2 Å². The molecule has 2 heterocycles. The van der Waals surface area contributed by atoms with E-state index in [4.69, 9.17) is 0 Å². The first kappa shape index (κ1) is 18.1. The third-order valence-electron chi connectivity index (χ3n) is 4.01. The smallest absolute Gasteiger partial charge is 0.230 e. The summed E-state index contributed by atoms with van der Waals surface area (Å²) in [5, 5.41) is 12.0. The van der Waals surface area contributed by atoms with Crippen molar-refractivity contribution >= 4 is 17.7 Å². The molecule has 0 saturated carbocycles. The van der Waals surface area contributed by atoms with Crippen LogP contribution in [0.5, 0.6) is 0 Å². The number of thioether (sulfide) groups is 1. The molecule has 0 unspecified atom stereocenters. The largest absolute Gasteiger partial charge is 0.351 e. The lowest BCUT2D eigenvalue weighted by Gasteiger charge is -2.07. The molecule has 0 aliphatic heterocycles. The van der Waals surface area contributed by atoms with Crippen LogP contribution in [0.3, 0.4) is 0 Å². The maximum absolute atomic E-state index is 12.0. The molecule has 0 spiro atoms. The van der Waals surface area contributed by atoms with Crippen LogP contribution in [0, 0.1) is 20.8 Å². The maximum atomic E-state index is 12.0. The van der Waals surface area contributed by atoms with Gasteiger partial charge in [-0.05, 0) is 49.6 Å². The van der Waals surface area contributed by atoms with Crippen LogP contribution in [0.4, 0.5) is 0 Å². The summed E-state index contributed by atoms with van der Waals surface area (Å²) in [5.41, 5.74) is 4.51. The summed E-state index contributed by atoms with van der Waals surface area (Å²) < 4.78 is 1.81. The number of carbonyl (C=O) groups excluding carboxylic acids is 1. The predicted molar refractivity (Wildman–Crippen MR) is 102 cm³/mol. The SMILES string of the molecule is Cc1cn(-c2ccc(SCC(=O)NCc3ccc(C)c(C)c3)nn2)cn1. The Morgan fingerprint density at radius 3 is 2.62 bits per heavy atom. The fraction of sp³-hybridized carbons (Fsp3) is 0.263. The standard InChI is InChI=1S/C19H21N5OS/c1-13-4-5-16(8-14(13)2)9-20-18(25)11-26-19-7-6-17(22-23-19)24-10-15(3)21-12-24/h4-8,10,12H,9,11H2,1-3H3,(H,20,25). The first-order chi connectivity index (χ1) is 12.5. The van der Waals surface area contributed by atoms with E-state index in [-0.39, 0.29) is 5.91 Å². The number of rotatable bonds is 6. The summed E-state index contributed by atoms with van der Waals surface area (Å²) in [6.45, 7) is 6.61. The molecular formula is C19H21N5OS. The van der Waals surface area contributed by atoms with E-state index >= 15 is 0 Å². The molecule has 7 heteroatoms. The Morgan fingerprint density at radius 2 is 1.96 bits per heavy atom. The molecule has 0 bridgehead atoms. The second-order valence-corrected chi connectivity index (χ2v) is 7.13. The molecule has 3 rings (SSSR count). The second kappa shape index (κ2) is 8.14. The van der Waals surface area contributed by atoms with Crippen LogP contribution in [-0.4, -0.2) is 31.4 Å². The van der Waals surface area contributed by atoms with Crippen LogP contribution in [0.1, 0.15) is 22.4 Å². The molecule has 0 aliphatic carbocycles.